The third kappa shape index (κ3) is 4.58. The summed E-state index contributed by atoms with van der Waals surface area (Å²) in [4.78, 5) is 22.9. The Labute approximate surface area is 113 Å². The Kier molecular flexibility index (Phi) is 5.30. The second kappa shape index (κ2) is 6.73. The molecule has 4 nitrogen and oxygen atoms in total. The van der Waals surface area contributed by atoms with Crippen LogP contribution in [0, 0.1) is 6.92 Å². The molecule has 2 N–H and O–H groups in total. The summed E-state index contributed by atoms with van der Waals surface area (Å²) in [6, 6.07) is 5.44. The predicted octanol–water partition coefficient (Wildman–Crippen LogP) is 3.25. The first kappa shape index (κ1) is 15.0. The van der Waals surface area contributed by atoms with Gasteiger partial charge in [0.15, 0.2) is 0 Å². The van der Waals surface area contributed by atoms with E-state index < -0.39 is 0 Å². The van der Waals surface area contributed by atoms with Crippen LogP contribution in [0.2, 0.25) is 0 Å². The number of carbonyl (C=O) groups is 2. The van der Waals surface area contributed by atoms with Crippen molar-refractivity contribution in [3.05, 3.63) is 35.4 Å². The Hall–Kier alpha value is -2.10. The van der Waals surface area contributed by atoms with E-state index in [-0.39, 0.29) is 11.8 Å². The molecule has 4 heteroatoms. The molecular formula is C15H20N2O2. The Morgan fingerprint density at radius 1 is 1.21 bits per heavy atom. The molecule has 0 spiro atoms. The minimum absolute atomic E-state index is 0.125. The third-order valence-electron chi connectivity index (χ3n) is 2.67. The van der Waals surface area contributed by atoms with Crippen LogP contribution in [-0.4, -0.2) is 11.8 Å². The quantitative estimate of drug-likeness (QED) is 0.816. The first-order chi connectivity index (χ1) is 8.93. The summed E-state index contributed by atoms with van der Waals surface area (Å²) in [5.41, 5.74) is 3.02. The Bertz CT molecular complexity index is 519. The fourth-order valence-corrected chi connectivity index (χ4v) is 1.65. The summed E-state index contributed by atoms with van der Waals surface area (Å²) in [6.45, 7) is 7.12. The highest BCUT2D eigenvalue weighted by Gasteiger charge is 2.06. The molecule has 0 saturated heterocycles. The third-order valence-corrected chi connectivity index (χ3v) is 2.67. The normalized spacial score (nSPS) is 11.1. The molecule has 0 aliphatic heterocycles. The minimum atomic E-state index is -0.131. The van der Waals surface area contributed by atoms with Crippen LogP contribution in [0.3, 0.4) is 0 Å². The molecule has 0 radical (unpaired) electrons. The van der Waals surface area contributed by atoms with E-state index in [0.29, 0.717) is 16.9 Å². The molecule has 0 aromatic heterocycles. The van der Waals surface area contributed by atoms with E-state index in [0.717, 1.165) is 12.0 Å². The molecule has 19 heavy (non-hydrogen) atoms. The Morgan fingerprint density at radius 2 is 1.89 bits per heavy atom. The molecular weight excluding hydrogens is 240 g/mol. The van der Waals surface area contributed by atoms with Crippen LogP contribution in [0.5, 0.6) is 0 Å². The van der Waals surface area contributed by atoms with Crippen molar-refractivity contribution in [1.82, 2.24) is 0 Å². The lowest BCUT2D eigenvalue weighted by Crippen LogP contribution is -2.13. The smallest absolute Gasteiger partial charge is 0.250 e. The zero-order valence-electron chi connectivity index (χ0n) is 11.8. The molecule has 0 unspecified atom stereocenters. The molecule has 0 aliphatic carbocycles. The molecule has 0 heterocycles. The lowest BCUT2D eigenvalue weighted by atomic mass is 10.1. The van der Waals surface area contributed by atoms with Crippen molar-refractivity contribution in [3.63, 3.8) is 0 Å². The number of hydrogen-bond donors (Lipinski definition) is 2. The topological polar surface area (TPSA) is 58.2 Å². The highest BCUT2D eigenvalue weighted by molar-refractivity contribution is 6.03. The van der Waals surface area contributed by atoms with Gasteiger partial charge in [0.1, 0.15) is 0 Å². The van der Waals surface area contributed by atoms with Crippen molar-refractivity contribution >= 4 is 23.2 Å². The summed E-state index contributed by atoms with van der Waals surface area (Å²) in [5, 5.41) is 5.55. The number of hydrogen-bond acceptors (Lipinski definition) is 2. The van der Waals surface area contributed by atoms with Crippen molar-refractivity contribution in [2.45, 2.75) is 34.1 Å². The number of anilines is 2. The Balaban J connectivity index is 2.88. The summed E-state index contributed by atoms with van der Waals surface area (Å²) in [5.74, 6) is -0.256. The van der Waals surface area contributed by atoms with Crippen LogP contribution in [0.4, 0.5) is 11.4 Å². The van der Waals surface area contributed by atoms with Gasteiger partial charge in [-0.1, -0.05) is 19.1 Å². The molecule has 1 aromatic carbocycles. The van der Waals surface area contributed by atoms with Gasteiger partial charge < -0.3 is 10.6 Å². The number of rotatable bonds is 4. The Morgan fingerprint density at radius 3 is 2.47 bits per heavy atom. The molecule has 1 aromatic rings. The van der Waals surface area contributed by atoms with E-state index in [1.807, 2.05) is 32.1 Å². The number of benzene rings is 1. The molecule has 1 rings (SSSR count). The van der Waals surface area contributed by atoms with Gasteiger partial charge >= 0.3 is 0 Å². The summed E-state index contributed by atoms with van der Waals surface area (Å²) in [7, 11) is 0. The zero-order valence-corrected chi connectivity index (χ0v) is 11.8. The van der Waals surface area contributed by atoms with Gasteiger partial charge in [-0.25, -0.2) is 0 Å². The monoisotopic (exact) mass is 260 g/mol. The maximum atomic E-state index is 11.9. The first-order valence-corrected chi connectivity index (χ1v) is 6.30. The molecule has 0 saturated carbocycles. The number of nitrogens with one attached hydrogen (secondary N) is 2. The van der Waals surface area contributed by atoms with E-state index in [9.17, 15) is 9.59 Å². The first-order valence-electron chi connectivity index (χ1n) is 6.30. The minimum Gasteiger partial charge on any atom is -0.326 e. The predicted molar refractivity (Wildman–Crippen MR) is 78.2 cm³/mol. The van der Waals surface area contributed by atoms with Gasteiger partial charge in [0.2, 0.25) is 5.91 Å². The van der Waals surface area contributed by atoms with Crippen LogP contribution in [0.15, 0.2) is 29.8 Å². The second-order valence-electron chi connectivity index (χ2n) is 4.46. The van der Waals surface area contributed by atoms with Gasteiger partial charge in [0.05, 0.1) is 0 Å². The maximum Gasteiger partial charge on any atom is 0.250 e. The number of carbonyl (C=O) groups excluding carboxylic acids is 2. The van der Waals surface area contributed by atoms with Crippen LogP contribution < -0.4 is 10.6 Å². The standard InChI is InChI=1S/C15H20N2O2/c1-5-6-11(3)15(19)17-13-8-7-10(2)14(9-13)16-12(4)18/h6-9H,5H2,1-4H3,(H,16,18)(H,17,19)/b11-6-. The molecule has 102 valence electrons. The van der Waals surface area contributed by atoms with Crippen molar-refractivity contribution < 1.29 is 9.59 Å². The number of aryl methyl sites for hydroxylation is 1. The molecule has 0 bridgehead atoms. The average molecular weight is 260 g/mol. The van der Waals surface area contributed by atoms with Crippen molar-refractivity contribution in [2.24, 2.45) is 0 Å². The second-order valence-corrected chi connectivity index (χ2v) is 4.46. The number of allylic oxidation sites excluding steroid dienone is 1. The molecule has 0 fully saturated rings. The summed E-state index contributed by atoms with van der Waals surface area (Å²) >= 11 is 0. The van der Waals surface area contributed by atoms with Crippen molar-refractivity contribution in [3.8, 4) is 0 Å². The van der Waals surface area contributed by atoms with Crippen molar-refractivity contribution in [1.29, 1.82) is 0 Å². The highest BCUT2D eigenvalue weighted by Crippen LogP contribution is 2.20. The summed E-state index contributed by atoms with van der Waals surface area (Å²) in [6.07, 6.45) is 2.70. The van der Waals surface area contributed by atoms with E-state index in [4.69, 9.17) is 0 Å². The molecule has 0 aliphatic rings. The van der Waals surface area contributed by atoms with Gasteiger partial charge in [0, 0.05) is 23.9 Å². The maximum absolute atomic E-state index is 11.9. The molecule has 0 atom stereocenters. The van der Waals surface area contributed by atoms with Crippen molar-refractivity contribution in [2.75, 3.05) is 10.6 Å². The lowest BCUT2D eigenvalue weighted by molar-refractivity contribution is -0.114. The lowest BCUT2D eigenvalue weighted by Gasteiger charge is -2.10. The van der Waals surface area contributed by atoms with Crippen LogP contribution in [0.25, 0.3) is 0 Å². The van der Waals surface area contributed by atoms with E-state index in [1.165, 1.54) is 6.92 Å². The highest BCUT2D eigenvalue weighted by atomic mass is 16.2. The molecule has 2 amide bonds. The fraction of sp³-hybridized carbons (Fsp3) is 0.333. The number of amides is 2. The largest absolute Gasteiger partial charge is 0.326 e. The van der Waals surface area contributed by atoms with E-state index >= 15 is 0 Å². The van der Waals surface area contributed by atoms with Gasteiger partial charge in [-0.3, -0.25) is 9.59 Å². The zero-order chi connectivity index (χ0) is 14.4. The fourth-order valence-electron chi connectivity index (χ4n) is 1.65. The van der Waals surface area contributed by atoms with Gasteiger partial charge in [0.25, 0.3) is 5.91 Å². The van der Waals surface area contributed by atoms with Crippen LogP contribution in [-0.2, 0) is 9.59 Å². The van der Waals surface area contributed by atoms with Gasteiger partial charge in [-0.15, -0.1) is 0 Å². The SMILES string of the molecule is CC/C=C(/C)C(=O)Nc1ccc(C)c(NC(C)=O)c1. The van der Waals surface area contributed by atoms with E-state index in [2.05, 4.69) is 10.6 Å². The van der Waals surface area contributed by atoms with Gasteiger partial charge in [-0.05, 0) is 38.0 Å². The van der Waals surface area contributed by atoms with E-state index in [1.54, 1.807) is 13.0 Å². The van der Waals surface area contributed by atoms with Crippen LogP contribution in [0.1, 0.15) is 32.8 Å². The average Bonchev–Trinajstić information content (AvgIpc) is 2.33. The van der Waals surface area contributed by atoms with Crippen LogP contribution >= 0.6 is 0 Å². The van der Waals surface area contributed by atoms with Gasteiger partial charge in [-0.2, -0.15) is 0 Å². The summed E-state index contributed by atoms with van der Waals surface area (Å²) < 4.78 is 0.